The van der Waals surface area contributed by atoms with Crippen LogP contribution >= 0.6 is 0 Å². The highest BCUT2D eigenvalue weighted by atomic mass is 16.4. The molecular weight excluding hydrogens is 188 g/mol. The van der Waals surface area contributed by atoms with E-state index >= 15 is 0 Å². The highest BCUT2D eigenvalue weighted by Gasteiger charge is 2.11. The van der Waals surface area contributed by atoms with Crippen LogP contribution in [0.4, 0.5) is 0 Å². The van der Waals surface area contributed by atoms with Crippen LogP contribution in [0.3, 0.4) is 0 Å². The molecule has 14 heavy (non-hydrogen) atoms. The van der Waals surface area contributed by atoms with Crippen LogP contribution in [0, 0.1) is 0 Å². The third kappa shape index (κ3) is 1.63. The van der Waals surface area contributed by atoms with E-state index in [9.17, 15) is 4.79 Å². The summed E-state index contributed by atoms with van der Waals surface area (Å²) in [6.45, 7) is 0. The number of carboxylic acid groups (broad SMARTS) is 1. The summed E-state index contributed by atoms with van der Waals surface area (Å²) in [5.74, 6) is -0.0484. The van der Waals surface area contributed by atoms with E-state index in [4.69, 9.17) is 13.9 Å². The van der Waals surface area contributed by atoms with E-state index < -0.39 is 5.97 Å². The number of rotatable bonds is 3. The molecule has 1 N–H and O–H groups in total. The fourth-order valence-electron chi connectivity index (χ4n) is 0.973. The third-order valence-electron chi connectivity index (χ3n) is 1.53. The lowest BCUT2D eigenvalue weighted by atomic mass is 10.4. The monoisotopic (exact) mass is 194 g/mol. The van der Waals surface area contributed by atoms with Gasteiger partial charge in [0.1, 0.15) is 6.42 Å². The molecule has 0 aliphatic rings. The smallest absolute Gasteiger partial charge is 0.312 e. The molecule has 0 aliphatic carbocycles. The van der Waals surface area contributed by atoms with Gasteiger partial charge in [0.05, 0.1) is 12.4 Å². The zero-order chi connectivity index (χ0) is 9.97. The van der Waals surface area contributed by atoms with Gasteiger partial charge in [-0.25, -0.2) is 9.97 Å². The van der Waals surface area contributed by atoms with E-state index in [1.807, 2.05) is 0 Å². The Morgan fingerprint density at radius 1 is 1.43 bits per heavy atom. The molecule has 6 heteroatoms. The normalized spacial score (nSPS) is 10.3. The molecule has 72 valence electrons. The van der Waals surface area contributed by atoms with Gasteiger partial charge in [0.2, 0.25) is 5.89 Å². The first-order valence-corrected chi connectivity index (χ1v) is 3.81. The van der Waals surface area contributed by atoms with Gasteiger partial charge in [0.15, 0.2) is 17.9 Å². The van der Waals surface area contributed by atoms with Gasteiger partial charge in [-0.1, -0.05) is 0 Å². The minimum Gasteiger partial charge on any atom is -0.481 e. The summed E-state index contributed by atoms with van der Waals surface area (Å²) < 4.78 is 10.1. The molecule has 0 aliphatic heterocycles. The fraction of sp³-hybridized carbons (Fsp3) is 0.125. The number of carboxylic acids is 1. The van der Waals surface area contributed by atoms with Crippen molar-refractivity contribution in [2.24, 2.45) is 0 Å². The van der Waals surface area contributed by atoms with Crippen molar-refractivity contribution >= 4 is 5.97 Å². The average molecular weight is 194 g/mol. The lowest BCUT2D eigenvalue weighted by molar-refractivity contribution is -0.136. The molecular formula is C8H6N2O4. The van der Waals surface area contributed by atoms with Crippen LogP contribution in [-0.4, -0.2) is 21.0 Å². The quantitative estimate of drug-likeness (QED) is 0.782. The summed E-state index contributed by atoms with van der Waals surface area (Å²) in [4.78, 5) is 17.8. The number of aromatic nitrogens is 2. The number of aliphatic carboxylic acids is 1. The van der Waals surface area contributed by atoms with Crippen LogP contribution in [0.1, 0.15) is 5.89 Å². The first-order chi connectivity index (χ1) is 6.75. The Morgan fingerprint density at radius 2 is 2.29 bits per heavy atom. The first-order valence-electron chi connectivity index (χ1n) is 3.81. The van der Waals surface area contributed by atoms with Gasteiger partial charge in [-0.2, -0.15) is 0 Å². The molecule has 0 saturated carbocycles. The van der Waals surface area contributed by atoms with Crippen molar-refractivity contribution in [2.75, 3.05) is 0 Å². The molecule has 2 rings (SSSR count). The zero-order valence-electron chi connectivity index (χ0n) is 7.01. The maximum Gasteiger partial charge on any atom is 0.312 e. The first kappa shape index (κ1) is 8.49. The molecule has 6 nitrogen and oxygen atoms in total. The Kier molecular flexibility index (Phi) is 2.02. The minimum atomic E-state index is -0.990. The SMILES string of the molecule is O=C(O)Cc1ncc(-c2cnco2)o1. The summed E-state index contributed by atoms with van der Waals surface area (Å²) >= 11 is 0. The number of carbonyl (C=O) groups is 1. The third-order valence-corrected chi connectivity index (χ3v) is 1.53. The second kappa shape index (κ2) is 3.33. The van der Waals surface area contributed by atoms with Gasteiger partial charge in [-0.15, -0.1) is 0 Å². The molecule has 0 aromatic carbocycles. The van der Waals surface area contributed by atoms with Gasteiger partial charge in [-0.3, -0.25) is 4.79 Å². The van der Waals surface area contributed by atoms with Gasteiger partial charge >= 0.3 is 5.97 Å². The second-order valence-electron chi connectivity index (χ2n) is 2.55. The van der Waals surface area contributed by atoms with Crippen LogP contribution in [-0.2, 0) is 11.2 Å². The molecule has 2 aromatic heterocycles. The molecule has 0 unspecified atom stereocenters. The summed E-state index contributed by atoms with van der Waals surface area (Å²) in [6.07, 6.45) is 3.88. The van der Waals surface area contributed by atoms with Gasteiger partial charge < -0.3 is 13.9 Å². The summed E-state index contributed by atoms with van der Waals surface area (Å²) in [7, 11) is 0. The highest BCUT2D eigenvalue weighted by Crippen LogP contribution is 2.19. The van der Waals surface area contributed by atoms with Crippen LogP contribution < -0.4 is 0 Å². The van der Waals surface area contributed by atoms with Crippen LogP contribution in [0.2, 0.25) is 0 Å². The highest BCUT2D eigenvalue weighted by molar-refractivity contribution is 5.68. The molecule has 2 heterocycles. The maximum absolute atomic E-state index is 10.3. The topological polar surface area (TPSA) is 89.4 Å². The van der Waals surface area contributed by atoms with E-state index in [2.05, 4.69) is 9.97 Å². The van der Waals surface area contributed by atoms with Crippen molar-refractivity contribution in [1.82, 2.24) is 9.97 Å². The lowest BCUT2D eigenvalue weighted by Crippen LogP contribution is -1.99. The van der Waals surface area contributed by atoms with E-state index in [0.29, 0.717) is 11.5 Å². The average Bonchev–Trinajstić information content (AvgIpc) is 2.69. The van der Waals surface area contributed by atoms with Gasteiger partial charge in [-0.05, 0) is 0 Å². The summed E-state index contributed by atoms with van der Waals surface area (Å²) in [6, 6.07) is 0. The largest absolute Gasteiger partial charge is 0.481 e. The Morgan fingerprint density at radius 3 is 2.93 bits per heavy atom. The lowest BCUT2D eigenvalue weighted by Gasteiger charge is -1.87. The van der Waals surface area contributed by atoms with Crippen LogP contribution in [0.15, 0.2) is 27.6 Å². The van der Waals surface area contributed by atoms with Crippen molar-refractivity contribution in [3.8, 4) is 11.5 Å². The van der Waals surface area contributed by atoms with E-state index in [0.717, 1.165) is 0 Å². The zero-order valence-corrected chi connectivity index (χ0v) is 7.01. The Bertz CT molecular complexity index is 432. The second-order valence-corrected chi connectivity index (χ2v) is 2.55. The van der Waals surface area contributed by atoms with Crippen molar-refractivity contribution in [2.45, 2.75) is 6.42 Å². The Labute approximate surface area is 78.2 Å². The standard InChI is InChI=1S/C8H6N2O4/c11-8(12)1-7-10-3-6(14-7)5-2-9-4-13-5/h2-4H,1H2,(H,11,12). The molecule has 2 aromatic rings. The van der Waals surface area contributed by atoms with Crippen molar-refractivity contribution in [3.63, 3.8) is 0 Å². The van der Waals surface area contributed by atoms with E-state index in [1.54, 1.807) is 0 Å². The van der Waals surface area contributed by atoms with Crippen LogP contribution in [0.25, 0.3) is 11.5 Å². The summed E-state index contributed by atoms with van der Waals surface area (Å²) in [5, 5.41) is 8.47. The molecule has 0 fully saturated rings. The predicted octanol–water partition coefficient (Wildman–Crippen LogP) is 0.957. The van der Waals surface area contributed by atoms with E-state index in [-0.39, 0.29) is 12.3 Å². The predicted molar refractivity (Wildman–Crippen MR) is 43.3 cm³/mol. The van der Waals surface area contributed by atoms with Gasteiger partial charge in [0.25, 0.3) is 0 Å². The number of hydrogen-bond acceptors (Lipinski definition) is 5. The number of oxazole rings is 2. The minimum absolute atomic E-state index is 0.143. The Hall–Kier alpha value is -2.11. The fourth-order valence-corrected chi connectivity index (χ4v) is 0.973. The number of nitrogens with zero attached hydrogens (tertiary/aromatic N) is 2. The maximum atomic E-state index is 10.3. The van der Waals surface area contributed by atoms with Crippen molar-refractivity contribution < 1.29 is 18.7 Å². The van der Waals surface area contributed by atoms with Crippen molar-refractivity contribution in [1.29, 1.82) is 0 Å². The molecule has 0 spiro atoms. The molecule has 0 bridgehead atoms. The van der Waals surface area contributed by atoms with E-state index in [1.165, 1.54) is 18.8 Å². The van der Waals surface area contributed by atoms with Gasteiger partial charge in [0, 0.05) is 0 Å². The molecule has 0 amide bonds. The molecule has 0 saturated heterocycles. The number of hydrogen-bond donors (Lipinski definition) is 1. The van der Waals surface area contributed by atoms with Crippen LogP contribution in [0.5, 0.6) is 0 Å². The molecule has 0 atom stereocenters. The Balaban J connectivity index is 2.22. The van der Waals surface area contributed by atoms with Crippen molar-refractivity contribution in [3.05, 3.63) is 24.7 Å². The summed E-state index contributed by atoms with van der Waals surface area (Å²) in [5.41, 5.74) is 0. The molecule has 0 radical (unpaired) electrons.